The highest BCUT2D eigenvalue weighted by molar-refractivity contribution is 5.88. The van der Waals surface area contributed by atoms with Crippen molar-refractivity contribution in [2.45, 2.75) is 71.5 Å². The van der Waals surface area contributed by atoms with Gasteiger partial charge >= 0.3 is 0 Å². The summed E-state index contributed by atoms with van der Waals surface area (Å²) in [5.41, 5.74) is 2.49. The summed E-state index contributed by atoms with van der Waals surface area (Å²) in [4.78, 5) is 28.9. The van der Waals surface area contributed by atoms with Gasteiger partial charge in [-0.3, -0.25) is 9.59 Å². The van der Waals surface area contributed by atoms with E-state index in [1.807, 2.05) is 68.4 Å². The van der Waals surface area contributed by atoms with Crippen LogP contribution in [0.4, 0.5) is 4.39 Å². The number of carbonyl (C=O) groups is 2. The molecule has 38 heavy (non-hydrogen) atoms. The second kappa shape index (κ2) is 13.2. The van der Waals surface area contributed by atoms with Crippen LogP contribution in [0.3, 0.4) is 0 Å². The molecule has 0 aliphatic heterocycles. The van der Waals surface area contributed by atoms with Crippen molar-refractivity contribution in [2.75, 3.05) is 6.61 Å². The van der Waals surface area contributed by atoms with E-state index in [0.29, 0.717) is 12.2 Å². The molecular weight excluding hydrogens is 479 g/mol. The molecule has 0 saturated heterocycles. The van der Waals surface area contributed by atoms with Gasteiger partial charge in [0.2, 0.25) is 5.91 Å². The van der Waals surface area contributed by atoms with Gasteiger partial charge in [0.15, 0.2) is 6.61 Å². The smallest absolute Gasteiger partial charge is 0.261 e. The predicted octanol–water partition coefficient (Wildman–Crippen LogP) is 6.06. The fraction of sp³-hybridized carbons (Fsp3) is 0.375. The molecule has 0 fully saturated rings. The molecule has 0 radical (unpaired) electrons. The first-order valence-corrected chi connectivity index (χ1v) is 13.2. The first kappa shape index (κ1) is 28.9. The molecule has 0 spiro atoms. The Morgan fingerprint density at radius 1 is 0.921 bits per heavy atom. The third-order valence-corrected chi connectivity index (χ3v) is 6.58. The highest BCUT2D eigenvalue weighted by Gasteiger charge is 2.31. The molecule has 0 saturated carbocycles. The van der Waals surface area contributed by atoms with E-state index in [1.165, 1.54) is 12.1 Å². The number of hydrogen-bond donors (Lipinski definition) is 1. The largest absolute Gasteiger partial charge is 0.483 e. The summed E-state index contributed by atoms with van der Waals surface area (Å²) in [6.07, 6.45) is 1.11. The lowest BCUT2D eigenvalue weighted by Gasteiger charge is -2.32. The topological polar surface area (TPSA) is 58.6 Å². The zero-order valence-corrected chi connectivity index (χ0v) is 23.0. The van der Waals surface area contributed by atoms with Crippen molar-refractivity contribution in [1.29, 1.82) is 0 Å². The number of halogens is 1. The summed E-state index contributed by atoms with van der Waals surface area (Å²) in [5.74, 6) is -0.269. The number of para-hydroxylation sites is 1. The molecule has 0 aliphatic carbocycles. The summed E-state index contributed by atoms with van der Waals surface area (Å²) in [6.45, 7) is 10.1. The summed E-state index contributed by atoms with van der Waals surface area (Å²) in [5, 5.41) is 3.05. The second-order valence-electron chi connectivity index (χ2n) is 10.7. The van der Waals surface area contributed by atoms with Gasteiger partial charge in [-0.25, -0.2) is 4.39 Å². The van der Waals surface area contributed by atoms with Crippen molar-refractivity contribution < 1.29 is 18.7 Å². The number of ether oxygens (including phenoxy) is 1. The maximum Gasteiger partial charge on any atom is 0.261 e. The first-order valence-electron chi connectivity index (χ1n) is 13.2. The minimum atomic E-state index is -0.773. The maximum absolute atomic E-state index is 13.8. The molecule has 0 unspecified atom stereocenters. The van der Waals surface area contributed by atoms with Crippen LogP contribution in [-0.2, 0) is 28.0 Å². The van der Waals surface area contributed by atoms with Crippen LogP contribution >= 0.6 is 0 Å². The number of amides is 2. The lowest BCUT2D eigenvalue weighted by atomic mass is 9.86. The Morgan fingerprint density at radius 2 is 1.55 bits per heavy atom. The molecule has 1 N–H and O–H groups in total. The summed E-state index contributed by atoms with van der Waals surface area (Å²) in [6, 6.07) is 22.5. The fourth-order valence-corrected chi connectivity index (χ4v) is 4.22. The number of rotatable bonds is 11. The van der Waals surface area contributed by atoms with Gasteiger partial charge in [0.1, 0.15) is 17.6 Å². The molecule has 3 rings (SSSR count). The zero-order valence-electron chi connectivity index (χ0n) is 23.0. The van der Waals surface area contributed by atoms with Crippen LogP contribution < -0.4 is 10.1 Å². The van der Waals surface area contributed by atoms with Crippen molar-refractivity contribution in [3.8, 4) is 5.75 Å². The fourth-order valence-electron chi connectivity index (χ4n) is 4.22. The Kier molecular flexibility index (Phi) is 10.1. The van der Waals surface area contributed by atoms with Crippen LogP contribution in [0.25, 0.3) is 0 Å². The van der Waals surface area contributed by atoms with E-state index in [0.717, 1.165) is 23.1 Å². The lowest BCUT2D eigenvalue weighted by Crippen LogP contribution is -2.53. The summed E-state index contributed by atoms with van der Waals surface area (Å²) in [7, 11) is 0. The second-order valence-corrected chi connectivity index (χ2v) is 10.7. The highest BCUT2D eigenvalue weighted by Crippen LogP contribution is 2.31. The predicted molar refractivity (Wildman–Crippen MR) is 149 cm³/mol. The maximum atomic E-state index is 13.8. The minimum absolute atomic E-state index is 0.0431. The number of nitrogens with zero attached hydrogens (tertiary/aromatic N) is 1. The number of carbonyl (C=O) groups excluding carboxylic acids is 2. The van der Waals surface area contributed by atoms with Crippen molar-refractivity contribution in [3.05, 3.63) is 101 Å². The summed E-state index contributed by atoms with van der Waals surface area (Å²) >= 11 is 0. The first-order chi connectivity index (χ1) is 18.1. The zero-order chi connectivity index (χ0) is 27.7. The lowest BCUT2D eigenvalue weighted by molar-refractivity contribution is -0.143. The van der Waals surface area contributed by atoms with Gasteiger partial charge < -0.3 is 15.0 Å². The van der Waals surface area contributed by atoms with E-state index in [2.05, 4.69) is 26.1 Å². The van der Waals surface area contributed by atoms with Gasteiger partial charge in [0, 0.05) is 19.0 Å². The SMILES string of the molecule is CC[C@H](C)NC(=O)[C@H](Cc1ccccc1)N(Cc1ccc(F)cc1)C(=O)COc1ccccc1C(C)(C)C. The van der Waals surface area contributed by atoms with Crippen LogP contribution in [0.15, 0.2) is 78.9 Å². The van der Waals surface area contributed by atoms with Gasteiger partial charge in [0.25, 0.3) is 5.91 Å². The van der Waals surface area contributed by atoms with E-state index in [9.17, 15) is 14.0 Å². The van der Waals surface area contributed by atoms with Gasteiger partial charge in [-0.15, -0.1) is 0 Å². The van der Waals surface area contributed by atoms with Crippen molar-refractivity contribution in [3.63, 3.8) is 0 Å². The third kappa shape index (κ3) is 8.17. The molecule has 0 aliphatic rings. The monoisotopic (exact) mass is 518 g/mol. The Labute approximate surface area is 226 Å². The minimum Gasteiger partial charge on any atom is -0.483 e. The standard InChI is InChI=1S/C32H39FN2O3/c1-6-23(2)34-31(37)28(20-24-12-8-7-9-13-24)35(21-25-16-18-26(33)19-17-25)30(36)22-38-29-15-11-10-14-27(29)32(3,4)5/h7-19,23,28H,6,20-22H2,1-5H3,(H,34,37)/t23-,28-/m0/s1. The third-order valence-electron chi connectivity index (χ3n) is 6.58. The van der Waals surface area contributed by atoms with Crippen LogP contribution in [0.1, 0.15) is 57.7 Å². The van der Waals surface area contributed by atoms with Crippen LogP contribution in [-0.4, -0.2) is 35.4 Å². The van der Waals surface area contributed by atoms with Gasteiger partial charge in [-0.05, 0) is 53.6 Å². The molecule has 2 amide bonds. The number of hydrogen-bond acceptors (Lipinski definition) is 3. The van der Waals surface area contributed by atoms with Crippen LogP contribution in [0, 0.1) is 5.82 Å². The molecule has 6 heteroatoms. The van der Waals surface area contributed by atoms with Crippen molar-refractivity contribution >= 4 is 11.8 Å². The van der Waals surface area contributed by atoms with Crippen molar-refractivity contribution in [2.24, 2.45) is 0 Å². The van der Waals surface area contributed by atoms with Gasteiger partial charge in [-0.2, -0.15) is 0 Å². The van der Waals surface area contributed by atoms with Gasteiger partial charge in [0.05, 0.1) is 0 Å². The number of benzene rings is 3. The Hall–Kier alpha value is -3.67. The average molecular weight is 519 g/mol. The quantitative estimate of drug-likeness (QED) is 0.336. The number of nitrogens with one attached hydrogen (secondary N) is 1. The Morgan fingerprint density at radius 3 is 2.18 bits per heavy atom. The molecule has 202 valence electrons. The normalized spacial score (nSPS) is 12.9. The molecule has 3 aromatic rings. The van der Waals surface area contributed by atoms with E-state index >= 15 is 0 Å². The summed E-state index contributed by atoms with van der Waals surface area (Å²) < 4.78 is 19.7. The van der Waals surface area contributed by atoms with Crippen LogP contribution in [0.5, 0.6) is 5.75 Å². The van der Waals surface area contributed by atoms with Crippen LogP contribution in [0.2, 0.25) is 0 Å². The van der Waals surface area contributed by atoms with E-state index in [1.54, 1.807) is 17.0 Å². The van der Waals surface area contributed by atoms with E-state index in [-0.39, 0.29) is 42.2 Å². The highest BCUT2D eigenvalue weighted by atomic mass is 19.1. The molecular formula is C32H39FN2O3. The molecule has 5 nitrogen and oxygen atoms in total. The van der Waals surface area contributed by atoms with Gasteiger partial charge in [-0.1, -0.05) is 88.4 Å². The molecule has 0 bridgehead atoms. The molecule has 0 heterocycles. The molecule has 0 aromatic heterocycles. The Bertz CT molecular complexity index is 1190. The molecule has 2 atom stereocenters. The molecule has 3 aromatic carbocycles. The average Bonchev–Trinajstić information content (AvgIpc) is 2.90. The van der Waals surface area contributed by atoms with E-state index < -0.39 is 6.04 Å². The Balaban J connectivity index is 1.94. The van der Waals surface area contributed by atoms with E-state index in [4.69, 9.17) is 4.74 Å². The van der Waals surface area contributed by atoms with Crippen molar-refractivity contribution in [1.82, 2.24) is 10.2 Å².